The maximum atomic E-state index is 10.9. The summed E-state index contributed by atoms with van der Waals surface area (Å²) in [4.78, 5) is 20.9. The fraction of sp³-hybridized carbons (Fsp3) is 0.300. The maximum Gasteiger partial charge on any atom is 0.326 e. The van der Waals surface area contributed by atoms with Gasteiger partial charge in [-0.15, -0.1) is 11.6 Å². The molecule has 0 amide bonds. The van der Waals surface area contributed by atoms with Crippen molar-refractivity contribution < 1.29 is 24.3 Å². The van der Waals surface area contributed by atoms with Crippen molar-refractivity contribution in [3.05, 3.63) is 27.8 Å². The van der Waals surface area contributed by atoms with Crippen LogP contribution in [0.25, 0.3) is 0 Å². The van der Waals surface area contributed by atoms with E-state index < -0.39 is 22.0 Å². The van der Waals surface area contributed by atoms with Gasteiger partial charge in [-0.1, -0.05) is 0 Å². The fourth-order valence-corrected chi connectivity index (χ4v) is 1.55. The highest BCUT2D eigenvalue weighted by Crippen LogP contribution is 2.39. The Kier molecular flexibility index (Phi) is 4.33. The summed E-state index contributed by atoms with van der Waals surface area (Å²) in [6, 6.07) is 2.26. The molecule has 0 aliphatic heterocycles. The van der Waals surface area contributed by atoms with Gasteiger partial charge in [0.05, 0.1) is 30.8 Å². The quantitative estimate of drug-likeness (QED) is 0.501. The molecular weight excluding hydrogens is 266 g/mol. The third-order valence-corrected chi connectivity index (χ3v) is 2.64. The van der Waals surface area contributed by atoms with Gasteiger partial charge in [0.2, 0.25) is 0 Å². The summed E-state index contributed by atoms with van der Waals surface area (Å²) in [6.07, 6.45) is 0. The number of aliphatic carboxylic acids is 1. The maximum absolute atomic E-state index is 10.9. The summed E-state index contributed by atoms with van der Waals surface area (Å²) in [7, 11) is 2.65. The zero-order chi connectivity index (χ0) is 13.9. The van der Waals surface area contributed by atoms with Crippen LogP contribution < -0.4 is 9.47 Å². The van der Waals surface area contributed by atoms with E-state index in [1.165, 1.54) is 20.3 Å². The Bertz CT molecular complexity index is 490. The van der Waals surface area contributed by atoms with Gasteiger partial charge in [0, 0.05) is 0 Å². The van der Waals surface area contributed by atoms with Crippen molar-refractivity contribution in [3.63, 3.8) is 0 Å². The topological polar surface area (TPSA) is 98.9 Å². The van der Waals surface area contributed by atoms with Crippen LogP contribution in [0.1, 0.15) is 10.9 Å². The van der Waals surface area contributed by atoms with Crippen molar-refractivity contribution in [2.45, 2.75) is 5.38 Å². The number of carboxylic acids is 1. The molecule has 0 spiro atoms. The summed E-state index contributed by atoms with van der Waals surface area (Å²) >= 11 is 5.61. The van der Waals surface area contributed by atoms with Gasteiger partial charge < -0.3 is 14.6 Å². The minimum atomic E-state index is -1.54. The number of nitrogens with zero attached hydrogens (tertiary/aromatic N) is 1. The van der Waals surface area contributed by atoms with E-state index in [2.05, 4.69) is 0 Å². The predicted molar refractivity (Wildman–Crippen MR) is 62.4 cm³/mol. The van der Waals surface area contributed by atoms with Gasteiger partial charge in [0.1, 0.15) is 0 Å². The molecule has 1 aromatic carbocycles. The van der Waals surface area contributed by atoms with Crippen LogP contribution >= 0.6 is 11.6 Å². The molecule has 0 aliphatic carbocycles. The van der Waals surface area contributed by atoms with Gasteiger partial charge in [-0.25, -0.2) is 0 Å². The van der Waals surface area contributed by atoms with E-state index in [9.17, 15) is 14.9 Å². The Hall–Kier alpha value is -2.02. The lowest BCUT2D eigenvalue weighted by Gasteiger charge is -2.11. The van der Waals surface area contributed by atoms with Crippen molar-refractivity contribution in [3.8, 4) is 11.5 Å². The van der Waals surface area contributed by atoms with Crippen molar-refractivity contribution in [2.75, 3.05) is 14.2 Å². The van der Waals surface area contributed by atoms with Crippen LogP contribution in [0.2, 0.25) is 0 Å². The number of rotatable bonds is 5. The number of alkyl halides is 1. The summed E-state index contributed by atoms with van der Waals surface area (Å²) in [5.74, 6) is -1.08. The minimum absolute atomic E-state index is 0.127. The van der Waals surface area contributed by atoms with Gasteiger partial charge in [-0.2, -0.15) is 0 Å². The average Bonchev–Trinajstić information content (AvgIpc) is 2.35. The van der Waals surface area contributed by atoms with Crippen molar-refractivity contribution >= 4 is 23.3 Å². The molecule has 1 rings (SSSR count). The molecule has 18 heavy (non-hydrogen) atoms. The number of ether oxygens (including phenoxy) is 2. The Morgan fingerprint density at radius 3 is 2.28 bits per heavy atom. The predicted octanol–water partition coefficient (Wildman–Crippen LogP) is 1.98. The minimum Gasteiger partial charge on any atom is -0.493 e. The Morgan fingerprint density at radius 2 is 1.89 bits per heavy atom. The van der Waals surface area contributed by atoms with Gasteiger partial charge in [-0.05, 0) is 6.07 Å². The molecule has 0 bridgehead atoms. The molecule has 0 saturated carbocycles. The zero-order valence-electron chi connectivity index (χ0n) is 9.55. The van der Waals surface area contributed by atoms with Crippen molar-refractivity contribution in [1.29, 1.82) is 0 Å². The number of nitro benzene ring substituents is 1. The molecule has 0 fully saturated rings. The van der Waals surface area contributed by atoms with Crippen LogP contribution in [0.3, 0.4) is 0 Å². The number of carboxylic acid groups (broad SMARTS) is 1. The lowest BCUT2D eigenvalue weighted by atomic mass is 10.1. The van der Waals surface area contributed by atoms with E-state index in [0.717, 1.165) is 6.07 Å². The SMILES string of the molecule is COc1cc(C(Cl)C(=O)O)c([N+](=O)[O-])cc1OC. The average molecular weight is 276 g/mol. The number of carbonyl (C=O) groups is 1. The highest BCUT2D eigenvalue weighted by molar-refractivity contribution is 6.30. The number of halogens is 1. The van der Waals surface area contributed by atoms with Crippen molar-refractivity contribution in [1.82, 2.24) is 0 Å². The highest BCUT2D eigenvalue weighted by Gasteiger charge is 2.28. The summed E-state index contributed by atoms with van der Waals surface area (Å²) < 4.78 is 9.84. The van der Waals surface area contributed by atoms with Crippen LogP contribution in [0, 0.1) is 10.1 Å². The molecule has 1 atom stereocenters. The first kappa shape index (κ1) is 14.0. The largest absolute Gasteiger partial charge is 0.493 e. The summed E-state index contributed by atoms with van der Waals surface area (Å²) in [5, 5.41) is 18.1. The van der Waals surface area contributed by atoms with Crippen LogP contribution in [-0.4, -0.2) is 30.2 Å². The van der Waals surface area contributed by atoms with Crippen LogP contribution in [0.4, 0.5) is 5.69 Å². The molecule has 0 aromatic heterocycles. The second kappa shape index (κ2) is 5.54. The first-order valence-electron chi connectivity index (χ1n) is 4.69. The fourth-order valence-electron chi connectivity index (χ4n) is 1.38. The van der Waals surface area contributed by atoms with E-state index in [0.29, 0.717) is 0 Å². The number of hydrogen-bond acceptors (Lipinski definition) is 5. The van der Waals surface area contributed by atoms with E-state index in [-0.39, 0.29) is 17.1 Å². The smallest absolute Gasteiger partial charge is 0.326 e. The van der Waals surface area contributed by atoms with Gasteiger partial charge in [0.25, 0.3) is 5.69 Å². The number of methoxy groups -OCH3 is 2. The second-order valence-corrected chi connectivity index (χ2v) is 3.66. The zero-order valence-corrected chi connectivity index (χ0v) is 10.3. The monoisotopic (exact) mass is 275 g/mol. The molecule has 0 saturated heterocycles. The first-order valence-corrected chi connectivity index (χ1v) is 5.13. The number of hydrogen-bond donors (Lipinski definition) is 1. The molecule has 98 valence electrons. The number of benzene rings is 1. The lowest BCUT2D eigenvalue weighted by Crippen LogP contribution is -2.08. The Balaban J connectivity index is 3.47. The molecule has 0 heterocycles. The molecule has 1 unspecified atom stereocenters. The van der Waals surface area contributed by atoms with Gasteiger partial charge >= 0.3 is 5.97 Å². The summed E-state index contributed by atoms with van der Waals surface area (Å²) in [6.45, 7) is 0. The molecule has 7 nitrogen and oxygen atoms in total. The molecule has 1 aromatic rings. The molecule has 0 aliphatic rings. The van der Waals surface area contributed by atoms with Crippen molar-refractivity contribution in [2.24, 2.45) is 0 Å². The third-order valence-electron chi connectivity index (χ3n) is 2.22. The van der Waals surface area contributed by atoms with Gasteiger partial charge in [-0.3, -0.25) is 14.9 Å². The van der Waals surface area contributed by atoms with E-state index in [1.54, 1.807) is 0 Å². The molecule has 0 radical (unpaired) electrons. The first-order chi connectivity index (χ1) is 8.42. The van der Waals surface area contributed by atoms with Crippen LogP contribution in [0.5, 0.6) is 11.5 Å². The van der Waals surface area contributed by atoms with E-state index in [1.807, 2.05) is 0 Å². The van der Waals surface area contributed by atoms with E-state index >= 15 is 0 Å². The highest BCUT2D eigenvalue weighted by atomic mass is 35.5. The second-order valence-electron chi connectivity index (χ2n) is 3.22. The van der Waals surface area contributed by atoms with E-state index in [4.69, 9.17) is 26.2 Å². The van der Waals surface area contributed by atoms with Crippen LogP contribution in [-0.2, 0) is 4.79 Å². The molecule has 8 heteroatoms. The lowest BCUT2D eigenvalue weighted by molar-refractivity contribution is -0.385. The normalized spacial score (nSPS) is 11.7. The Morgan fingerprint density at radius 1 is 1.39 bits per heavy atom. The summed E-state index contributed by atoms with van der Waals surface area (Å²) in [5.41, 5.74) is -0.595. The molecular formula is C10H10ClNO6. The Labute approximate surface area is 107 Å². The van der Waals surface area contributed by atoms with Gasteiger partial charge in [0.15, 0.2) is 16.9 Å². The third kappa shape index (κ3) is 2.62. The van der Waals surface area contributed by atoms with Crippen LogP contribution in [0.15, 0.2) is 12.1 Å². The standard InChI is InChI=1S/C10H10ClNO6/c1-17-7-3-5(9(11)10(13)14)6(12(15)16)4-8(7)18-2/h3-4,9H,1-2H3,(H,13,14). The number of nitro groups is 1. The molecule has 1 N–H and O–H groups in total.